The first kappa shape index (κ1) is 23.8. The standard InChI is InChI=1S/C25H20BrClN2O5S/c1-12(2)34-24(31)21-13(3)28-25-29(22(21)14-4-6-16(27)7-5-14)23(30)20(35-25)9-15-8-18-19(10-17(15)26)33-11-32-18/h4-10,12,22H,11H2,1-3H3/t22-/m1/s1. The number of thiazole rings is 1. The van der Waals surface area contributed by atoms with Crippen molar-refractivity contribution in [1.29, 1.82) is 0 Å². The molecule has 7 nitrogen and oxygen atoms in total. The number of esters is 1. The Labute approximate surface area is 218 Å². The Morgan fingerprint density at radius 1 is 1.26 bits per heavy atom. The molecule has 180 valence electrons. The number of ether oxygens (including phenoxy) is 3. The lowest BCUT2D eigenvalue weighted by Crippen LogP contribution is -2.40. The molecule has 0 aliphatic carbocycles. The van der Waals surface area contributed by atoms with Crippen molar-refractivity contribution in [3.05, 3.63) is 88.0 Å². The van der Waals surface area contributed by atoms with Crippen LogP contribution in [-0.4, -0.2) is 23.4 Å². The molecule has 3 heterocycles. The fraction of sp³-hybridized carbons (Fsp3) is 0.240. The highest BCUT2D eigenvalue weighted by molar-refractivity contribution is 9.10. The first-order valence-electron chi connectivity index (χ1n) is 10.8. The number of allylic oxidation sites excluding steroid dienone is 1. The molecule has 0 spiro atoms. The number of rotatable bonds is 4. The van der Waals surface area contributed by atoms with E-state index < -0.39 is 12.0 Å². The van der Waals surface area contributed by atoms with Crippen molar-refractivity contribution in [3.63, 3.8) is 0 Å². The molecule has 2 aliphatic rings. The van der Waals surface area contributed by atoms with Gasteiger partial charge in [-0.25, -0.2) is 9.79 Å². The maximum absolute atomic E-state index is 13.7. The topological polar surface area (TPSA) is 79.1 Å². The number of halogens is 2. The second kappa shape index (κ2) is 9.29. The minimum atomic E-state index is -0.697. The molecule has 10 heteroatoms. The number of carbonyl (C=O) groups excluding carboxylic acids is 1. The zero-order valence-corrected chi connectivity index (χ0v) is 22.2. The summed E-state index contributed by atoms with van der Waals surface area (Å²) in [7, 11) is 0. The minimum absolute atomic E-state index is 0.156. The molecule has 0 saturated heterocycles. The van der Waals surface area contributed by atoms with Crippen LogP contribution in [0, 0.1) is 0 Å². The van der Waals surface area contributed by atoms with Gasteiger partial charge in [-0.3, -0.25) is 9.36 Å². The van der Waals surface area contributed by atoms with Crippen molar-refractivity contribution in [1.82, 2.24) is 4.57 Å². The van der Waals surface area contributed by atoms with Gasteiger partial charge in [-0.15, -0.1) is 0 Å². The van der Waals surface area contributed by atoms with Crippen LogP contribution in [-0.2, 0) is 9.53 Å². The summed E-state index contributed by atoms with van der Waals surface area (Å²) in [6.45, 7) is 5.47. The van der Waals surface area contributed by atoms with E-state index >= 15 is 0 Å². The van der Waals surface area contributed by atoms with Crippen molar-refractivity contribution < 1.29 is 19.0 Å². The Hall–Kier alpha value is -2.88. The first-order valence-corrected chi connectivity index (χ1v) is 12.8. The molecule has 35 heavy (non-hydrogen) atoms. The Bertz CT molecular complexity index is 1560. The molecular formula is C25H20BrClN2O5S. The predicted molar refractivity (Wildman–Crippen MR) is 137 cm³/mol. The number of fused-ring (bicyclic) bond motifs is 2. The molecule has 1 atom stereocenters. The van der Waals surface area contributed by atoms with E-state index in [1.165, 1.54) is 11.3 Å². The van der Waals surface area contributed by atoms with Gasteiger partial charge in [0, 0.05) is 9.50 Å². The van der Waals surface area contributed by atoms with Gasteiger partial charge in [0.2, 0.25) is 6.79 Å². The van der Waals surface area contributed by atoms with E-state index in [-0.39, 0.29) is 18.5 Å². The van der Waals surface area contributed by atoms with Crippen LogP contribution in [0.25, 0.3) is 6.08 Å². The third kappa shape index (κ3) is 4.44. The van der Waals surface area contributed by atoms with Crippen LogP contribution in [0.15, 0.2) is 61.9 Å². The van der Waals surface area contributed by atoms with Gasteiger partial charge in [0.05, 0.1) is 27.9 Å². The molecule has 0 bridgehead atoms. The molecule has 2 aliphatic heterocycles. The summed E-state index contributed by atoms with van der Waals surface area (Å²) in [5.74, 6) is 0.747. The third-order valence-corrected chi connectivity index (χ3v) is 7.47. The van der Waals surface area contributed by atoms with Gasteiger partial charge in [0.15, 0.2) is 16.3 Å². The maximum Gasteiger partial charge on any atom is 0.338 e. The Balaban J connectivity index is 1.70. The van der Waals surface area contributed by atoms with Crippen molar-refractivity contribution in [3.8, 4) is 11.5 Å². The molecule has 1 aromatic heterocycles. The van der Waals surface area contributed by atoms with E-state index in [2.05, 4.69) is 20.9 Å². The Kier molecular flexibility index (Phi) is 6.33. The highest BCUT2D eigenvalue weighted by Crippen LogP contribution is 2.37. The van der Waals surface area contributed by atoms with Crippen LogP contribution >= 0.6 is 38.9 Å². The lowest BCUT2D eigenvalue weighted by Gasteiger charge is -2.25. The number of carbonyl (C=O) groups is 1. The first-order chi connectivity index (χ1) is 16.7. The van der Waals surface area contributed by atoms with E-state index in [9.17, 15) is 9.59 Å². The van der Waals surface area contributed by atoms with Crippen LogP contribution in [0.3, 0.4) is 0 Å². The lowest BCUT2D eigenvalue weighted by atomic mass is 9.96. The monoisotopic (exact) mass is 574 g/mol. The summed E-state index contributed by atoms with van der Waals surface area (Å²) in [6.07, 6.45) is 1.46. The number of benzene rings is 2. The molecule has 0 unspecified atom stereocenters. The Morgan fingerprint density at radius 3 is 2.63 bits per heavy atom. The van der Waals surface area contributed by atoms with Gasteiger partial charge in [0.25, 0.3) is 5.56 Å². The molecule has 0 saturated carbocycles. The molecule has 5 rings (SSSR count). The van der Waals surface area contributed by atoms with Gasteiger partial charge in [-0.1, -0.05) is 51.0 Å². The van der Waals surface area contributed by atoms with Crippen LogP contribution in [0.1, 0.15) is 37.9 Å². The summed E-state index contributed by atoms with van der Waals surface area (Å²) < 4.78 is 19.2. The summed E-state index contributed by atoms with van der Waals surface area (Å²) in [5, 5.41) is 0.556. The summed E-state index contributed by atoms with van der Waals surface area (Å²) >= 11 is 10.9. The van der Waals surface area contributed by atoms with E-state index in [4.69, 9.17) is 25.8 Å². The number of hydrogen-bond acceptors (Lipinski definition) is 7. The van der Waals surface area contributed by atoms with Crippen LogP contribution < -0.4 is 24.4 Å². The second-order valence-corrected chi connectivity index (χ2v) is 10.6. The lowest BCUT2D eigenvalue weighted by molar-refractivity contribution is -0.143. The molecule has 0 radical (unpaired) electrons. The van der Waals surface area contributed by atoms with Gasteiger partial charge in [-0.05, 0) is 62.2 Å². The van der Waals surface area contributed by atoms with Gasteiger partial charge >= 0.3 is 5.97 Å². The molecule has 0 N–H and O–H groups in total. The SMILES string of the molecule is CC1=C(C(=O)OC(C)C)[C@@H](c2ccc(Cl)cc2)n2c(sc(=Cc3cc4c(cc3Br)OCO4)c2=O)=N1. The van der Waals surface area contributed by atoms with Crippen molar-refractivity contribution >= 4 is 50.9 Å². The van der Waals surface area contributed by atoms with E-state index in [1.807, 2.05) is 12.1 Å². The second-order valence-electron chi connectivity index (χ2n) is 8.31. The highest BCUT2D eigenvalue weighted by atomic mass is 79.9. The highest BCUT2D eigenvalue weighted by Gasteiger charge is 2.33. The van der Waals surface area contributed by atoms with Gasteiger partial charge in [0.1, 0.15) is 0 Å². The van der Waals surface area contributed by atoms with Gasteiger partial charge < -0.3 is 14.2 Å². The zero-order valence-electron chi connectivity index (χ0n) is 19.0. The van der Waals surface area contributed by atoms with Crippen molar-refractivity contribution in [2.45, 2.75) is 32.9 Å². The zero-order chi connectivity index (χ0) is 24.9. The fourth-order valence-electron chi connectivity index (χ4n) is 4.01. The normalized spacial score (nSPS) is 17.0. The van der Waals surface area contributed by atoms with E-state index in [0.29, 0.717) is 37.1 Å². The summed E-state index contributed by atoms with van der Waals surface area (Å²) in [5.41, 5.74) is 2.06. The molecule has 3 aromatic rings. The number of nitrogens with zero attached hydrogens (tertiary/aromatic N) is 2. The smallest absolute Gasteiger partial charge is 0.338 e. The quantitative estimate of drug-likeness (QED) is 0.433. The molecule has 0 amide bonds. The molecular weight excluding hydrogens is 556 g/mol. The molecule has 0 fully saturated rings. The van der Waals surface area contributed by atoms with E-state index in [0.717, 1.165) is 15.6 Å². The van der Waals surface area contributed by atoms with Crippen molar-refractivity contribution in [2.24, 2.45) is 4.99 Å². The number of aromatic nitrogens is 1. The van der Waals surface area contributed by atoms with Crippen LogP contribution in [0.4, 0.5) is 0 Å². The Morgan fingerprint density at radius 2 is 1.94 bits per heavy atom. The summed E-state index contributed by atoms with van der Waals surface area (Å²) in [6, 6.07) is 10.0. The minimum Gasteiger partial charge on any atom is -0.459 e. The third-order valence-electron chi connectivity index (χ3n) is 5.55. The average molecular weight is 576 g/mol. The van der Waals surface area contributed by atoms with E-state index in [1.54, 1.807) is 55.7 Å². The average Bonchev–Trinajstić information content (AvgIpc) is 3.36. The van der Waals surface area contributed by atoms with Crippen LogP contribution in [0.2, 0.25) is 5.02 Å². The fourth-order valence-corrected chi connectivity index (χ4v) is 5.61. The largest absolute Gasteiger partial charge is 0.459 e. The van der Waals surface area contributed by atoms with Crippen molar-refractivity contribution in [2.75, 3.05) is 6.79 Å². The number of hydrogen-bond donors (Lipinski definition) is 0. The van der Waals surface area contributed by atoms with Gasteiger partial charge in [-0.2, -0.15) is 0 Å². The predicted octanol–water partition coefficient (Wildman–Crippen LogP) is 4.33. The maximum atomic E-state index is 13.7. The summed E-state index contributed by atoms with van der Waals surface area (Å²) in [4.78, 5) is 32.0. The molecule has 2 aromatic carbocycles. The van der Waals surface area contributed by atoms with Crippen LogP contribution in [0.5, 0.6) is 11.5 Å².